The molecular formula is C14H12N4O2. The van der Waals surface area contributed by atoms with Gasteiger partial charge < -0.3 is 4.90 Å². The van der Waals surface area contributed by atoms with Gasteiger partial charge in [-0.3, -0.25) is 15.1 Å². The molecule has 0 saturated heterocycles. The fourth-order valence-electron chi connectivity index (χ4n) is 1.94. The molecule has 0 aliphatic carbocycles. The second kappa shape index (κ2) is 5.80. The highest BCUT2D eigenvalue weighted by atomic mass is 16.6. The van der Waals surface area contributed by atoms with E-state index in [4.69, 9.17) is 5.26 Å². The SMILES string of the molecule is CN(Cc1cccc(C#N)c1)c1ccncc1[N+](=O)[O-]. The number of hydrogen-bond donors (Lipinski definition) is 0. The Kier molecular flexibility index (Phi) is 3.91. The Morgan fingerprint density at radius 1 is 1.45 bits per heavy atom. The third-order valence-electron chi connectivity index (χ3n) is 2.86. The zero-order valence-corrected chi connectivity index (χ0v) is 10.9. The standard InChI is InChI=1S/C14H12N4O2/c1-17(10-12-4-2-3-11(7-12)8-15)13-5-6-16-9-14(13)18(19)20/h2-7,9H,10H2,1H3. The number of nitrogens with zero attached hydrogens (tertiary/aromatic N) is 4. The van der Waals surface area contributed by atoms with Gasteiger partial charge in [0.25, 0.3) is 0 Å². The third-order valence-corrected chi connectivity index (χ3v) is 2.86. The van der Waals surface area contributed by atoms with Crippen molar-refractivity contribution in [3.05, 3.63) is 64.0 Å². The van der Waals surface area contributed by atoms with E-state index < -0.39 is 4.92 Å². The number of benzene rings is 1. The summed E-state index contributed by atoms with van der Waals surface area (Å²) in [5.74, 6) is 0. The van der Waals surface area contributed by atoms with E-state index in [1.807, 2.05) is 6.07 Å². The second-order valence-corrected chi connectivity index (χ2v) is 4.29. The highest BCUT2D eigenvalue weighted by Crippen LogP contribution is 2.26. The summed E-state index contributed by atoms with van der Waals surface area (Å²) in [5, 5.41) is 19.8. The maximum atomic E-state index is 11.0. The summed E-state index contributed by atoms with van der Waals surface area (Å²) in [6.45, 7) is 0.473. The molecule has 6 heteroatoms. The molecule has 6 nitrogen and oxygen atoms in total. The van der Waals surface area contributed by atoms with Gasteiger partial charge in [0.1, 0.15) is 11.9 Å². The van der Waals surface area contributed by atoms with Gasteiger partial charge in [0, 0.05) is 19.8 Å². The molecule has 0 spiro atoms. The van der Waals surface area contributed by atoms with Crippen LogP contribution in [0.3, 0.4) is 0 Å². The molecule has 0 fully saturated rings. The first kappa shape index (κ1) is 13.5. The van der Waals surface area contributed by atoms with E-state index >= 15 is 0 Å². The van der Waals surface area contributed by atoms with Crippen molar-refractivity contribution in [2.75, 3.05) is 11.9 Å². The van der Waals surface area contributed by atoms with Crippen molar-refractivity contribution in [1.82, 2.24) is 4.98 Å². The fourth-order valence-corrected chi connectivity index (χ4v) is 1.94. The van der Waals surface area contributed by atoms with Crippen LogP contribution in [0.5, 0.6) is 0 Å². The second-order valence-electron chi connectivity index (χ2n) is 4.29. The minimum atomic E-state index is -0.454. The van der Waals surface area contributed by atoms with Gasteiger partial charge in [0.15, 0.2) is 0 Å². The lowest BCUT2D eigenvalue weighted by Crippen LogP contribution is -2.17. The molecule has 20 heavy (non-hydrogen) atoms. The van der Waals surface area contributed by atoms with Crippen LogP contribution in [0, 0.1) is 21.4 Å². The lowest BCUT2D eigenvalue weighted by Gasteiger charge is -2.19. The first-order chi connectivity index (χ1) is 9.61. The summed E-state index contributed by atoms with van der Waals surface area (Å²) in [7, 11) is 1.77. The van der Waals surface area contributed by atoms with Crippen molar-refractivity contribution in [3.63, 3.8) is 0 Å². The highest BCUT2D eigenvalue weighted by molar-refractivity contribution is 5.61. The Labute approximate surface area is 116 Å². The maximum Gasteiger partial charge on any atom is 0.310 e. The number of hydrogen-bond acceptors (Lipinski definition) is 5. The summed E-state index contributed by atoms with van der Waals surface area (Å²) in [4.78, 5) is 16.1. The van der Waals surface area contributed by atoms with E-state index in [2.05, 4.69) is 11.1 Å². The molecule has 0 aliphatic heterocycles. The van der Waals surface area contributed by atoms with Gasteiger partial charge in [-0.05, 0) is 23.8 Å². The molecule has 2 rings (SSSR count). The largest absolute Gasteiger partial charge is 0.365 e. The third kappa shape index (κ3) is 2.90. The van der Waals surface area contributed by atoms with Crippen molar-refractivity contribution in [2.45, 2.75) is 6.54 Å². The van der Waals surface area contributed by atoms with Crippen LogP contribution in [0.2, 0.25) is 0 Å². The molecular weight excluding hydrogens is 256 g/mol. The van der Waals surface area contributed by atoms with Crippen LogP contribution >= 0.6 is 0 Å². The molecule has 0 bridgehead atoms. The van der Waals surface area contributed by atoms with Crippen LogP contribution in [-0.4, -0.2) is 17.0 Å². The predicted molar refractivity (Wildman–Crippen MR) is 74.2 cm³/mol. The first-order valence-corrected chi connectivity index (χ1v) is 5.90. The van der Waals surface area contributed by atoms with E-state index in [1.165, 1.54) is 12.4 Å². The Bertz CT molecular complexity index is 679. The molecule has 0 radical (unpaired) electrons. The topological polar surface area (TPSA) is 83.1 Å². The molecule has 1 aromatic carbocycles. The van der Waals surface area contributed by atoms with E-state index in [-0.39, 0.29) is 5.69 Å². The lowest BCUT2D eigenvalue weighted by atomic mass is 10.1. The van der Waals surface area contributed by atoms with Gasteiger partial charge in [0.05, 0.1) is 16.6 Å². The van der Waals surface area contributed by atoms with Crippen molar-refractivity contribution in [2.24, 2.45) is 0 Å². The summed E-state index contributed by atoms with van der Waals surface area (Å²) in [6, 6.07) is 10.8. The molecule has 1 aromatic heterocycles. The molecule has 0 N–H and O–H groups in total. The number of pyridine rings is 1. The summed E-state index contributed by atoms with van der Waals surface area (Å²) >= 11 is 0. The lowest BCUT2D eigenvalue weighted by molar-refractivity contribution is -0.384. The maximum absolute atomic E-state index is 11.0. The summed E-state index contributed by atoms with van der Waals surface area (Å²) in [6.07, 6.45) is 2.75. The smallest absolute Gasteiger partial charge is 0.310 e. The van der Waals surface area contributed by atoms with E-state index in [1.54, 1.807) is 36.2 Å². The Morgan fingerprint density at radius 3 is 2.95 bits per heavy atom. The van der Waals surface area contributed by atoms with Gasteiger partial charge in [0.2, 0.25) is 0 Å². The number of anilines is 1. The van der Waals surface area contributed by atoms with Crippen molar-refractivity contribution < 1.29 is 4.92 Å². The zero-order valence-electron chi connectivity index (χ0n) is 10.9. The highest BCUT2D eigenvalue weighted by Gasteiger charge is 2.16. The van der Waals surface area contributed by atoms with Crippen LogP contribution < -0.4 is 4.90 Å². The van der Waals surface area contributed by atoms with E-state index in [9.17, 15) is 10.1 Å². The van der Waals surface area contributed by atoms with E-state index in [0.29, 0.717) is 17.8 Å². The van der Waals surface area contributed by atoms with Crippen LogP contribution in [0.15, 0.2) is 42.7 Å². The van der Waals surface area contributed by atoms with Crippen LogP contribution in [0.4, 0.5) is 11.4 Å². The predicted octanol–water partition coefficient (Wildman–Crippen LogP) is 2.50. The molecule has 1 heterocycles. The normalized spacial score (nSPS) is 9.80. The van der Waals surface area contributed by atoms with Crippen LogP contribution in [-0.2, 0) is 6.54 Å². The number of nitriles is 1. The average molecular weight is 268 g/mol. The number of rotatable bonds is 4. The molecule has 0 saturated carbocycles. The molecule has 0 atom stereocenters. The molecule has 0 unspecified atom stereocenters. The van der Waals surface area contributed by atoms with Crippen LogP contribution in [0.25, 0.3) is 0 Å². The van der Waals surface area contributed by atoms with Gasteiger partial charge in [-0.25, -0.2) is 0 Å². The Morgan fingerprint density at radius 2 is 2.25 bits per heavy atom. The molecule has 0 aliphatic rings. The molecule has 0 amide bonds. The van der Waals surface area contributed by atoms with Gasteiger partial charge in [-0.1, -0.05) is 12.1 Å². The van der Waals surface area contributed by atoms with E-state index in [0.717, 1.165) is 5.56 Å². The molecule has 100 valence electrons. The first-order valence-electron chi connectivity index (χ1n) is 5.90. The number of aromatic nitrogens is 1. The monoisotopic (exact) mass is 268 g/mol. The zero-order chi connectivity index (χ0) is 14.5. The number of nitro groups is 1. The Hall–Kier alpha value is -2.94. The van der Waals surface area contributed by atoms with Gasteiger partial charge in [-0.15, -0.1) is 0 Å². The minimum absolute atomic E-state index is 0.0357. The quantitative estimate of drug-likeness (QED) is 0.628. The average Bonchev–Trinajstić information content (AvgIpc) is 2.47. The summed E-state index contributed by atoms with van der Waals surface area (Å²) in [5.41, 5.74) is 1.94. The van der Waals surface area contributed by atoms with Gasteiger partial charge in [-0.2, -0.15) is 5.26 Å². The fraction of sp³-hybridized carbons (Fsp3) is 0.143. The van der Waals surface area contributed by atoms with Crippen LogP contribution in [0.1, 0.15) is 11.1 Å². The molecule has 2 aromatic rings. The Balaban J connectivity index is 2.26. The minimum Gasteiger partial charge on any atom is -0.365 e. The van der Waals surface area contributed by atoms with Crippen molar-refractivity contribution in [3.8, 4) is 6.07 Å². The van der Waals surface area contributed by atoms with Gasteiger partial charge >= 0.3 is 5.69 Å². The van der Waals surface area contributed by atoms with Crippen molar-refractivity contribution >= 4 is 11.4 Å². The summed E-state index contributed by atoms with van der Waals surface area (Å²) < 4.78 is 0. The van der Waals surface area contributed by atoms with Crippen molar-refractivity contribution in [1.29, 1.82) is 5.26 Å².